The molecule has 3 atom stereocenters. The predicted octanol–water partition coefficient (Wildman–Crippen LogP) is -0.907. The second kappa shape index (κ2) is 11.6. The van der Waals surface area contributed by atoms with Crippen LogP contribution >= 0.6 is 0 Å². The minimum absolute atomic E-state index is 0.0219. The molecule has 2 rings (SSSR count). The first-order chi connectivity index (χ1) is 15.6. The van der Waals surface area contributed by atoms with Crippen LogP contribution in [0.4, 0.5) is 0 Å². The third-order valence-electron chi connectivity index (χ3n) is 4.85. The molecule has 1 aromatic heterocycles. The second-order valence-corrected chi connectivity index (χ2v) is 7.52. The zero-order valence-electron chi connectivity index (χ0n) is 18.0. The number of nitrogens with one attached hydrogen (secondary N) is 4. The van der Waals surface area contributed by atoms with Crippen LogP contribution in [0, 0.1) is 0 Å². The van der Waals surface area contributed by atoms with Crippen molar-refractivity contribution in [3.63, 3.8) is 0 Å². The largest absolute Gasteiger partial charge is 0.481 e. The van der Waals surface area contributed by atoms with Crippen LogP contribution in [0.1, 0.15) is 25.3 Å². The summed E-state index contributed by atoms with van der Waals surface area (Å²) in [5.74, 6) is -4.64. The summed E-state index contributed by atoms with van der Waals surface area (Å²) >= 11 is 0. The number of carbonyl (C=O) groups excluding carboxylic acids is 3. The van der Waals surface area contributed by atoms with Gasteiger partial charge in [0.1, 0.15) is 12.1 Å². The van der Waals surface area contributed by atoms with Crippen LogP contribution in [0.3, 0.4) is 0 Å². The molecule has 12 heteroatoms. The van der Waals surface area contributed by atoms with Crippen molar-refractivity contribution in [3.8, 4) is 0 Å². The van der Waals surface area contributed by atoms with E-state index < -0.39 is 60.8 Å². The van der Waals surface area contributed by atoms with E-state index in [0.29, 0.717) is 5.56 Å². The molecule has 2 aromatic rings. The lowest BCUT2D eigenvalue weighted by Crippen LogP contribution is -2.54. The molecular formula is C21H27N5O7. The summed E-state index contributed by atoms with van der Waals surface area (Å²) in [6.45, 7) is 1.02. The minimum Gasteiger partial charge on any atom is -0.481 e. The maximum Gasteiger partial charge on any atom is 0.326 e. The lowest BCUT2D eigenvalue weighted by molar-refractivity contribution is -0.143. The first-order valence-electron chi connectivity index (χ1n) is 10.2. The Labute approximate surface area is 188 Å². The number of carboxylic acids is 2. The fraction of sp³-hybridized carbons (Fsp3) is 0.381. The van der Waals surface area contributed by atoms with Gasteiger partial charge in [-0.1, -0.05) is 18.2 Å². The van der Waals surface area contributed by atoms with Crippen molar-refractivity contribution in [2.75, 3.05) is 6.54 Å². The van der Waals surface area contributed by atoms with E-state index in [4.69, 9.17) is 10.8 Å². The molecule has 3 unspecified atom stereocenters. The van der Waals surface area contributed by atoms with E-state index in [1.54, 1.807) is 6.20 Å². The molecule has 0 aliphatic carbocycles. The molecule has 1 heterocycles. The van der Waals surface area contributed by atoms with Crippen LogP contribution in [0.15, 0.2) is 30.5 Å². The summed E-state index contributed by atoms with van der Waals surface area (Å²) in [5.41, 5.74) is 6.95. The van der Waals surface area contributed by atoms with Crippen molar-refractivity contribution in [1.82, 2.24) is 20.9 Å². The number of rotatable bonds is 12. The van der Waals surface area contributed by atoms with E-state index in [2.05, 4.69) is 20.9 Å². The summed E-state index contributed by atoms with van der Waals surface area (Å²) in [4.78, 5) is 62.2. The van der Waals surface area contributed by atoms with Gasteiger partial charge in [-0.05, 0) is 25.0 Å². The summed E-state index contributed by atoms with van der Waals surface area (Å²) in [5, 5.41) is 26.1. The van der Waals surface area contributed by atoms with Crippen LogP contribution in [-0.4, -0.2) is 69.5 Å². The lowest BCUT2D eigenvalue weighted by atomic mass is 10.0. The number of fused-ring (bicyclic) bond motifs is 1. The van der Waals surface area contributed by atoms with Gasteiger partial charge in [-0.25, -0.2) is 4.79 Å². The van der Waals surface area contributed by atoms with Crippen molar-refractivity contribution in [1.29, 1.82) is 0 Å². The van der Waals surface area contributed by atoms with E-state index >= 15 is 0 Å². The molecule has 0 aliphatic rings. The SMILES string of the molecule is CC(N)C(=O)NCC(=O)NC(Cc1c[nH]c2ccccc12)C(=O)NC(CCC(=O)O)C(=O)O. The van der Waals surface area contributed by atoms with Gasteiger partial charge in [0.25, 0.3) is 0 Å². The molecule has 0 aliphatic heterocycles. The highest BCUT2D eigenvalue weighted by atomic mass is 16.4. The summed E-state index contributed by atoms with van der Waals surface area (Å²) in [6.07, 6.45) is 0.914. The van der Waals surface area contributed by atoms with Gasteiger partial charge >= 0.3 is 11.9 Å². The van der Waals surface area contributed by atoms with E-state index in [1.807, 2.05) is 24.3 Å². The third kappa shape index (κ3) is 7.61. The Kier molecular flexibility index (Phi) is 8.92. The average molecular weight is 461 g/mol. The fourth-order valence-electron chi connectivity index (χ4n) is 3.10. The number of hydrogen-bond acceptors (Lipinski definition) is 6. The lowest BCUT2D eigenvalue weighted by Gasteiger charge is -2.21. The summed E-state index contributed by atoms with van der Waals surface area (Å²) < 4.78 is 0. The monoisotopic (exact) mass is 461 g/mol. The Morgan fingerprint density at radius 3 is 2.36 bits per heavy atom. The van der Waals surface area contributed by atoms with E-state index in [9.17, 15) is 29.1 Å². The number of benzene rings is 1. The van der Waals surface area contributed by atoms with Crippen molar-refractivity contribution >= 4 is 40.6 Å². The van der Waals surface area contributed by atoms with Crippen LogP contribution in [0.5, 0.6) is 0 Å². The topological polar surface area (TPSA) is 204 Å². The number of carbonyl (C=O) groups is 5. The highest BCUT2D eigenvalue weighted by Gasteiger charge is 2.28. The highest BCUT2D eigenvalue weighted by Crippen LogP contribution is 2.19. The van der Waals surface area contributed by atoms with Gasteiger partial charge < -0.3 is 36.9 Å². The van der Waals surface area contributed by atoms with Crippen LogP contribution in [0.25, 0.3) is 10.9 Å². The number of nitrogens with two attached hydrogens (primary N) is 1. The standard InChI is InChI=1S/C21H27N5O7/c1-11(22)19(30)24-10-17(27)25-16(8-12-9-23-14-5-3-2-4-13(12)14)20(31)26-15(21(32)33)6-7-18(28)29/h2-5,9,11,15-16,23H,6-8,10,22H2,1H3,(H,24,30)(H,25,27)(H,26,31)(H,28,29)(H,32,33). The molecule has 0 radical (unpaired) electrons. The van der Waals surface area contributed by atoms with Crippen molar-refractivity contribution in [3.05, 3.63) is 36.0 Å². The van der Waals surface area contributed by atoms with Gasteiger partial charge in [0.2, 0.25) is 17.7 Å². The molecule has 1 aromatic carbocycles. The number of para-hydroxylation sites is 1. The van der Waals surface area contributed by atoms with Crippen LogP contribution in [0.2, 0.25) is 0 Å². The maximum absolute atomic E-state index is 12.9. The number of aromatic amines is 1. The molecule has 0 saturated heterocycles. The van der Waals surface area contributed by atoms with Gasteiger partial charge in [0, 0.05) is 29.9 Å². The molecular weight excluding hydrogens is 434 g/mol. The molecule has 0 fully saturated rings. The first-order valence-corrected chi connectivity index (χ1v) is 10.2. The van der Waals surface area contributed by atoms with Crippen LogP contribution in [-0.2, 0) is 30.4 Å². The number of aromatic nitrogens is 1. The molecule has 33 heavy (non-hydrogen) atoms. The number of carboxylic acid groups (broad SMARTS) is 2. The van der Waals surface area contributed by atoms with Gasteiger partial charge in [0.05, 0.1) is 12.6 Å². The van der Waals surface area contributed by atoms with E-state index in [-0.39, 0.29) is 12.8 Å². The fourth-order valence-corrected chi connectivity index (χ4v) is 3.10. The second-order valence-electron chi connectivity index (χ2n) is 7.52. The van der Waals surface area contributed by atoms with Crippen molar-refractivity contribution < 1.29 is 34.2 Å². The van der Waals surface area contributed by atoms with Gasteiger partial charge in [-0.15, -0.1) is 0 Å². The number of amides is 3. The zero-order valence-corrected chi connectivity index (χ0v) is 18.0. The first kappa shape index (κ1) is 25.3. The van der Waals surface area contributed by atoms with Gasteiger partial charge in [-0.2, -0.15) is 0 Å². The molecule has 0 spiro atoms. The Morgan fingerprint density at radius 2 is 1.73 bits per heavy atom. The Balaban J connectivity index is 2.18. The molecule has 8 N–H and O–H groups in total. The molecule has 0 bridgehead atoms. The summed E-state index contributed by atoms with van der Waals surface area (Å²) in [7, 11) is 0. The number of aliphatic carboxylic acids is 2. The van der Waals surface area contributed by atoms with E-state index in [1.165, 1.54) is 6.92 Å². The molecule has 12 nitrogen and oxygen atoms in total. The smallest absolute Gasteiger partial charge is 0.326 e. The number of H-pyrrole nitrogens is 1. The normalized spacial score (nSPS) is 13.5. The highest BCUT2D eigenvalue weighted by molar-refractivity contribution is 5.93. The zero-order chi connectivity index (χ0) is 24.5. The maximum atomic E-state index is 12.9. The Bertz CT molecular complexity index is 1030. The van der Waals surface area contributed by atoms with Gasteiger partial charge in [0.15, 0.2) is 0 Å². The quantitative estimate of drug-likeness (QED) is 0.210. The predicted molar refractivity (Wildman–Crippen MR) is 117 cm³/mol. The minimum atomic E-state index is -1.45. The third-order valence-corrected chi connectivity index (χ3v) is 4.85. The molecule has 0 saturated carbocycles. The summed E-state index contributed by atoms with van der Waals surface area (Å²) in [6, 6.07) is 3.84. The molecule has 178 valence electrons. The van der Waals surface area contributed by atoms with Crippen molar-refractivity contribution in [2.24, 2.45) is 5.73 Å². The van der Waals surface area contributed by atoms with Crippen LogP contribution < -0.4 is 21.7 Å². The average Bonchev–Trinajstić information content (AvgIpc) is 3.16. The molecule has 3 amide bonds. The Morgan fingerprint density at radius 1 is 1.03 bits per heavy atom. The Hall–Kier alpha value is -3.93. The van der Waals surface area contributed by atoms with Crippen molar-refractivity contribution in [2.45, 2.75) is 44.3 Å². The van der Waals surface area contributed by atoms with Gasteiger partial charge in [-0.3, -0.25) is 19.2 Å². The van der Waals surface area contributed by atoms with E-state index in [0.717, 1.165) is 10.9 Å². The number of hydrogen-bond donors (Lipinski definition) is 7.